The molecule has 0 spiro atoms. The van der Waals surface area contributed by atoms with E-state index in [1.165, 1.54) is 53.2 Å². The first kappa shape index (κ1) is 31.7. The Kier molecular flexibility index (Phi) is 14.5. The summed E-state index contributed by atoms with van der Waals surface area (Å²) in [6.45, 7) is 13.0. The highest BCUT2D eigenvalue weighted by atomic mass is 31.0. The molecule has 0 saturated heterocycles. The third kappa shape index (κ3) is 9.97. The molecule has 2 rings (SSSR count). The van der Waals surface area contributed by atoms with Crippen molar-refractivity contribution in [1.29, 1.82) is 0 Å². The zero-order valence-electron chi connectivity index (χ0n) is 23.2. The molecule has 2 unspecified atom stereocenters. The van der Waals surface area contributed by atoms with Crippen molar-refractivity contribution < 1.29 is 18.9 Å². The lowest BCUT2D eigenvalue weighted by Gasteiger charge is -2.23. The normalized spacial score (nSPS) is 11.8. The molecule has 0 aromatic heterocycles. The van der Waals surface area contributed by atoms with E-state index in [9.17, 15) is 9.59 Å². The van der Waals surface area contributed by atoms with Crippen LogP contribution in [0.4, 0.5) is 0 Å². The van der Waals surface area contributed by atoms with Gasteiger partial charge in [0.15, 0.2) is 5.78 Å². The summed E-state index contributed by atoms with van der Waals surface area (Å²) in [7, 11) is 1.17. The van der Waals surface area contributed by atoms with Crippen molar-refractivity contribution in [2.24, 2.45) is 0 Å². The maximum atomic E-state index is 13.7. The minimum absolute atomic E-state index is 0.00907. The van der Waals surface area contributed by atoms with E-state index in [0.717, 1.165) is 24.0 Å². The second-order valence-corrected chi connectivity index (χ2v) is 10.6. The van der Waals surface area contributed by atoms with Crippen molar-refractivity contribution >= 4 is 20.9 Å². The Labute approximate surface area is 220 Å². The predicted molar refractivity (Wildman–Crippen MR) is 152 cm³/mol. The van der Waals surface area contributed by atoms with E-state index in [1.54, 1.807) is 0 Å². The molecule has 2 aromatic carbocycles. The maximum Gasteiger partial charge on any atom is 0.321 e. The van der Waals surface area contributed by atoms with E-state index in [-0.39, 0.29) is 11.2 Å². The van der Waals surface area contributed by atoms with Gasteiger partial charge >= 0.3 is 15.1 Å². The van der Waals surface area contributed by atoms with Crippen LogP contribution in [0.15, 0.2) is 42.5 Å². The molecule has 2 aromatic rings. The molecule has 0 N–H and O–H groups in total. The summed E-state index contributed by atoms with van der Waals surface area (Å²) >= 11 is 0. The third-order valence-electron chi connectivity index (χ3n) is 6.52. The molecule has 0 bridgehead atoms. The molecule has 0 aliphatic carbocycles. The molecular weight excluding hydrogens is 467 g/mol. The number of Topliss-reactive ketones (excluding diaryl/α,β-unsaturated/α-hetero) is 1. The number of aryl methyl sites for hydroxylation is 2. The van der Waals surface area contributed by atoms with Gasteiger partial charge in [-0.3, -0.25) is 9.59 Å². The summed E-state index contributed by atoms with van der Waals surface area (Å²) < 4.78 is 13.8. The lowest BCUT2D eigenvalue weighted by atomic mass is 9.81. The highest BCUT2D eigenvalue weighted by Crippen LogP contribution is 2.31. The number of hydrogen-bond donors (Lipinski definition) is 0. The second kappa shape index (κ2) is 16.4. The summed E-state index contributed by atoms with van der Waals surface area (Å²) in [6.07, 6.45) is 9.46. The van der Waals surface area contributed by atoms with Gasteiger partial charge in [-0.15, -0.1) is 0 Å². The Morgan fingerprint density at radius 3 is 1.83 bits per heavy atom. The topological polar surface area (TPSA) is 60.4 Å². The second-order valence-electron chi connectivity index (χ2n) is 10.6. The zero-order chi connectivity index (χ0) is 27.1. The smallest absolute Gasteiger partial charge is 0.321 e. The number of carbonyl (C=O) groups is 2. The van der Waals surface area contributed by atoms with Gasteiger partial charge in [0.2, 0.25) is 0 Å². The third-order valence-corrected chi connectivity index (χ3v) is 6.52. The molecule has 4 nitrogen and oxygen atoms in total. The fourth-order valence-electron chi connectivity index (χ4n) is 4.46. The van der Waals surface area contributed by atoms with Crippen LogP contribution in [-0.2, 0) is 19.5 Å². The molecular formula is C31H46O4P+. The molecule has 0 radical (unpaired) electrons. The number of benzene rings is 2. The Bertz CT molecular complexity index is 924. The molecule has 36 heavy (non-hydrogen) atoms. The van der Waals surface area contributed by atoms with E-state index in [1.807, 2.05) is 44.2 Å². The molecule has 2 atom stereocenters. The van der Waals surface area contributed by atoms with Gasteiger partial charge in [0.05, 0.1) is 6.61 Å². The summed E-state index contributed by atoms with van der Waals surface area (Å²) in [5, 5.41) is 0. The quantitative estimate of drug-likeness (QED) is 0.0886. The minimum atomic E-state index is -0.937. The first-order valence-corrected chi connectivity index (χ1v) is 13.7. The summed E-state index contributed by atoms with van der Waals surface area (Å²) in [4.78, 5) is 26.9. The standard InChI is InChI=1S/C31H44O3.H2OP/c1-7-8-9-10-11-12-13-17-20-34-30(33)28(25-18-15-14-16-19-25)29(32)27-23(2)21-26(22-24(27)3)31(4,5)6;1-2/h14-16,18-19,21-22,28H,7-13,17,20H2,1-6H3;2H2/q;+1. The van der Waals surface area contributed by atoms with Crippen molar-refractivity contribution in [1.82, 2.24) is 0 Å². The Hall–Kier alpha value is -2.32. The van der Waals surface area contributed by atoms with Crippen LogP contribution in [0, 0.1) is 13.8 Å². The molecule has 5 heteroatoms. The lowest BCUT2D eigenvalue weighted by Crippen LogP contribution is -2.26. The number of ether oxygens (including phenoxy) is 1. The van der Waals surface area contributed by atoms with Gasteiger partial charge in [-0.1, -0.05) is 120 Å². The summed E-state index contributed by atoms with van der Waals surface area (Å²) in [5.41, 5.74) is 4.31. The number of carbonyl (C=O) groups excluding carboxylic acids is 2. The van der Waals surface area contributed by atoms with Crippen LogP contribution < -0.4 is 0 Å². The number of unbranched alkanes of at least 4 members (excludes halogenated alkanes) is 7. The van der Waals surface area contributed by atoms with Crippen LogP contribution in [0.25, 0.3) is 0 Å². The van der Waals surface area contributed by atoms with E-state index >= 15 is 0 Å². The Balaban J connectivity index is 0.00000316. The first-order valence-electron chi connectivity index (χ1n) is 13.3. The van der Waals surface area contributed by atoms with Crippen molar-refractivity contribution in [2.45, 2.75) is 104 Å². The van der Waals surface area contributed by atoms with Crippen molar-refractivity contribution in [3.63, 3.8) is 0 Å². The van der Waals surface area contributed by atoms with Gasteiger partial charge < -0.3 is 4.74 Å². The maximum absolute atomic E-state index is 13.7. The van der Waals surface area contributed by atoms with Gasteiger partial charge in [0, 0.05) is 5.56 Å². The first-order chi connectivity index (χ1) is 17.2. The Morgan fingerprint density at radius 1 is 0.833 bits per heavy atom. The highest BCUT2D eigenvalue weighted by molar-refractivity contribution is 7.00. The lowest BCUT2D eigenvalue weighted by molar-refractivity contribution is -0.144. The molecule has 0 amide bonds. The van der Waals surface area contributed by atoms with Crippen LogP contribution in [0.2, 0.25) is 0 Å². The van der Waals surface area contributed by atoms with E-state index in [2.05, 4.69) is 39.8 Å². The highest BCUT2D eigenvalue weighted by Gasteiger charge is 2.33. The van der Waals surface area contributed by atoms with Crippen molar-refractivity contribution in [2.75, 3.05) is 6.61 Å². The van der Waals surface area contributed by atoms with Gasteiger partial charge in [-0.05, 0) is 47.9 Å². The summed E-state index contributed by atoms with van der Waals surface area (Å²) in [5.74, 6) is -1.56. The number of hydrogen-bond acceptors (Lipinski definition) is 4. The molecule has 198 valence electrons. The molecule has 0 heterocycles. The van der Waals surface area contributed by atoms with Gasteiger partial charge in [-0.25, -0.2) is 0 Å². The predicted octanol–water partition coefficient (Wildman–Crippen LogP) is 8.46. The van der Waals surface area contributed by atoms with Crippen LogP contribution in [0.3, 0.4) is 0 Å². The zero-order valence-corrected chi connectivity index (χ0v) is 24.3. The van der Waals surface area contributed by atoms with Crippen LogP contribution in [-0.4, -0.2) is 18.4 Å². The molecule has 0 saturated carbocycles. The monoisotopic (exact) mass is 513 g/mol. The average Bonchev–Trinajstić information content (AvgIpc) is 2.84. The van der Waals surface area contributed by atoms with Gasteiger partial charge in [0.1, 0.15) is 5.92 Å². The number of rotatable bonds is 13. The van der Waals surface area contributed by atoms with E-state index in [0.29, 0.717) is 17.7 Å². The fourth-order valence-corrected chi connectivity index (χ4v) is 4.46. The number of esters is 1. The van der Waals surface area contributed by atoms with Crippen LogP contribution in [0.1, 0.15) is 118 Å². The van der Waals surface area contributed by atoms with E-state index in [4.69, 9.17) is 9.30 Å². The Morgan fingerprint density at radius 2 is 1.33 bits per heavy atom. The SMILES string of the molecule is CCCCCCCCCCOC(=O)C(C(=O)c1c(C)cc(C(C)(C)C)cc1C)c1ccccc1.O=[PH2+]. The van der Waals surface area contributed by atoms with Crippen molar-refractivity contribution in [3.8, 4) is 0 Å². The fraction of sp³-hybridized carbons (Fsp3) is 0.548. The largest absolute Gasteiger partial charge is 0.465 e. The van der Waals surface area contributed by atoms with E-state index < -0.39 is 11.9 Å². The summed E-state index contributed by atoms with van der Waals surface area (Å²) in [6, 6.07) is 13.5. The van der Waals surface area contributed by atoms with Crippen LogP contribution >= 0.6 is 9.12 Å². The molecule has 0 aliphatic rings. The van der Waals surface area contributed by atoms with Crippen molar-refractivity contribution in [3.05, 3.63) is 70.3 Å². The molecule has 0 fully saturated rings. The van der Waals surface area contributed by atoms with Crippen LogP contribution in [0.5, 0.6) is 0 Å². The molecule has 0 aliphatic heterocycles. The average molecular weight is 514 g/mol. The number of ketones is 1. The van der Waals surface area contributed by atoms with Gasteiger partial charge in [0.25, 0.3) is 0 Å². The minimum Gasteiger partial charge on any atom is -0.465 e. The van der Waals surface area contributed by atoms with Gasteiger partial charge in [-0.2, -0.15) is 0 Å².